The van der Waals surface area contributed by atoms with Crippen LogP contribution in [0, 0.1) is 11.7 Å². The summed E-state index contributed by atoms with van der Waals surface area (Å²) in [5.74, 6) is 0.600. The fourth-order valence-electron chi connectivity index (χ4n) is 3.61. The number of hydrogen-bond donors (Lipinski definition) is 2. The number of nitrogens with one attached hydrogen (secondary N) is 2. The standard InChI is InChI=1S/C19H23FN4O2/c20-13-6-7-14-15(11-13)23-17(22-14)8-9-21-18(25)16-3-1-2-10-24(16)19(26)12-4-5-12/h6-7,11-12,16H,1-5,8-10H2,(H,21,25)(H,22,23)/t16-/m1/s1. The number of likely N-dealkylation sites (tertiary alicyclic amines) is 1. The highest BCUT2D eigenvalue weighted by molar-refractivity contribution is 5.89. The van der Waals surface area contributed by atoms with Crippen LogP contribution >= 0.6 is 0 Å². The van der Waals surface area contributed by atoms with E-state index in [4.69, 9.17) is 0 Å². The number of carbonyl (C=O) groups is 2. The number of H-pyrrole nitrogens is 1. The average Bonchev–Trinajstić information content (AvgIpc) is 3.41. The van der Waals surface area contributed by atoms with Gasteiger partial charge in [0.1, 0.15) is 17.7 Å². The van der Waals surface area contributed by atoms with Crippen LogP contribution in [0.5, 0.6) is 0 Å². The molecule has 138 valence electrons. The van der Waals surface area contributed by atoms with Crippen molar-refractivity contribution in [3.63, 3.8) is 0 Å². The zero-order valence-electron chi connectivity index (χ0n) is 14.6. The maximum atomic E-state index is 13.2. The lowest BCUT2D eigenvalue weighted by molar-refractivity contribution is -0.143. The van der Waals surface area contributed by atoms with Gasteiger partial charge in [0.2, 0.25) is 11.8 Å². The van der Waals surface area contributed by atoms with Crippen LogP contribution in [0.3, 0.4) is 0 Å². The summed E-state index contributed by atoms with van der Waals surface area (Å²) in [6, 6.07) is 4.07. The number of halogens is 1. The van der Waals surface area contributed by atoms with Gasteiger partial charge in [-0.3, -0.25) is 9.59 Å². The minimum atomic E-state index is -0.346. The van der Waals surface area contributed by atoms with Gasteiger partial charge in [0.05, 0.1) is 11.0 Å². The molecule has 2 fully saturated rings. The van der Waals surface area contributed by atoms with Gasteiger partial charge in [-0.15, -0.1) is 0 Å². The maximum Gasteiger partial charge on any atom is 0.242 e. The predicted molar refractivity (Wildman–Crippen MR) is 94.8 cm³/mol. The molecule has 2 aliphatic rings. The number of carbonyl (C=O) groups excluding carboxylic acids is 2. The van der Waals surface area contributed by atoms with Gasteiger partial charge in [0.25, 0.3) is 0 Å². The van der Waals surface area contributed by atoms with E-state index in [1.165, 1.54) is 12.1 Å². The van der Waals surface area contributed by atoms with Crippen molar-refractivity contribution in [1.82, 2.24) is 20.2 Å². The largest absolute Gasteiger partial charge is 0.354 e. The van der Waals surface area contributed by atoms with Crippen molar-refractivity contribution >= 4 is 22.8 Å². The molecule has 0 spiro atoms. The predicted octanol–water partition coefficient (Wildman–Crippen LogP) is 2.15. The molecule has 1 atom stereocenters. The third kappa shape index (κ3) is 3.57. The van der Waals surface area contributed by atoms with Gasteiger partial charge in [-0.1, -0.05) is 0 Å². The van der Waals surface area contributed by atoms with Crippen molar-refractivity contribution < 1.29 is 14.0 Å². The van der Waals surface area contributed by atoms with E-state index in [0.717, 1.165) is 32.1 Å². The molecule has 2 amide bonds. The zero-order valence-corrected chi connectivity index (χ0v) is 14.6. The van der Waals surface area contributed by atoms with Crippen molar-refractivity contribution in [2.24, 2.45) is 5.92 Å². The molecule has 26 heavy (non-hydrogen) atoms. The summed E-state index contributed by atoms with van der Waals surface area (Å²) in [6.45, 7) is 1.12. The van der Waals surface area contributed by atoms with Crippen LogP contribution in [0.4, 0.5) is 4.39 Å². The number of amides is 2. The van der Waals surface area contributed by atoms with Gasteiger partial charge in [-0.05, 0) is 50.3 Å². The van der Waals surface area contributed by atoms with Crippen LogP contribution in [-0.2, 0) is 16.0 Å². The minimum absolute atomic E-state index is 0.0825. The van der Waals surface area contributed by atoms with Crippen LogP contribution in [0.15, 0.2) is 18.2 Å². The number of aromatic nitrogens is 2. The highest BCUT2D eigenvalue weighted by Gasteiger charge is 2.39. The summed E-state index contributed by atoms with van der Waals surface area (Å²) < 4.78 is 13.2. The van der Waals surface area contributed by atoms with E-state index in [1.807, 2.05) is 0 Å². The number of benzene rings is 1. The molecule has 2 aromatic rings. The summed E-state index contributed by atoms with van der Waals surface area (Å²) in [4.78, 5) is 34.2. The fraction of sp³-hybridized carbons (Fsp3) is 0.526. The Bertz CT molecular complexity index is 830. The van der Waals surface area contributed by atoms with E-state index >= 15 is 0 Å². The monoisotopic (exact) mass is 358 g/mol. The van der Waals surface area contributed by atoms with Crippen LogP contribution < -0.4 is 5.32 Å². The number of imidazole rings is 1. The molecule has 7 heteroatoms. The Kier molecular flexibility index (Phi) is 4.61. The lowest BCUT2D eigenvalue weighted by Gasteiger charge is -2.34. The van der Waals surface area contributed by atoms with Crippen LogP contribution in [0.2, 0.25) is 0 Å². The molecule has 1 saturated carbocycles. The summed E-state index contributed by atoms with van der Waals surface area (Å²) in [7, 11) is 0. The average molecular weight is 358 g/mol. The number of fused-ring (bicyclic) bond motifs is 1. The van der Waals surface area contributed by atoms with Gasteiger partial charge >= 0.3 is 0 Å². The van der Waals surface area contributed by atoms with Crippen LogP contribution in [0.25, 0.3) is 11.0 Å². The van der Waals surface area contributed by atoms with Gasteiger partial charge < -0.3 is 15.2 Å². The van der Waals surface area contributed by atoms with Gasteiger partial charge in [-0.2, -0.15) is 0 Å². The van der Waals surface area contributed by atoms with Crippen molar-refractivity contribution in [3.8, 4) is 0 Å². The quantitative estimate of drug-likeness (QED) is 0.860. The summed E-state index contributed by atoms with van der Waals surface area (Å²) >= 11 is 0. The molecule has 0 unspecified atom stereocenters. The molecule has 2 heterocycles. The Morgan fingerprint density at radius 1 is 1.27 bits per heavy atom. The zero-order chi connectivity index (χ0) is 18.1. The molecular formula is C19H23FN4O2. The molecular weight excluding hydrogens is 335 g/mol. The van der Waals surface area contributed by atoms with Crippen molar-refractivity contribution in [2.75, 3.05) is 13.1 Å². The van der Waals surface area contributed by atoms with E-state index in [9.17, 15) is 14.0 Å². The Balaban J connectivity index is 1.34. The fourth-order valence-corrected chi connectivity index (χ4v) is 3.61. The smallest absolute Gasteiger partial charge is 0.242 e. The molecule has 2 N–H and O–H groups in total. The normalized spacial score (nSPS) is 20.3. The molecule has 6 nitrogen and oxygen atoms in total. The number of rotatable bonds is 5. The lowest BCUT2D eigenvalue weighted by Crippen LogP contribution is -2.52. The second-order valence-corrected chi connectivity index (χ2v) is 7.20. The highest BCUT2D eigenvalue weighted by Crippen LogP contribution is 2.33. The lowest BCUT2D eigenvalue weighted by atomic mass is 10.0. The number of hydrogen-bond acceptors (Lipinski definition) is 3. The number of aromatic amines is 1. The highest BCUT2D eigenvalue weighted by atomic mass is 19.1. The van der Waals surface area contributed by atoms with Crippen molar-refractivity contribution in [3.05, 3.63) is 29.8 Å². The first kappa shape index (κ1) is 17.0. The topological polar surface area (TPSA) is 78.1 Å². The van der Waals surface area contributed by atoms with E-state index in [2.05, 4.69) is 15.3 Å². The number of piperidine rings is 1. The van der Waals surface area contributed by atoms with Gasteiger partial charge in [-0.25, -0.2) is 9.37 Å². The minimum Gasteiger partial charge on any atom is -0.354 e. The molecule has 0 bridgehead atoms. The third-order valence-corrected chi connectivity index (χ3v) is 5.17. The molecule has 1 aromatic heterocycles. The second-order valence-electron chi connectivity index (χ2n) is 7.20. The summed E-state index contributed by atoms with van der Waals surface area (Å²) in [5, 5.41) is 2.93. The van der Waals surface area contributed by atoms with Gasteiger partial charge in [0.15, 0.2) is 0 Å². The molecule has 1 aliphatic carbocycles. The van der Waals surface area contributed by atoms with Crippen molar-refractivity contribution in [1.29, 1.82) is 0 Å². The first-order chi connectivity index (χ1) is 12.6. The molecule has 1 saturated heterocycles. The molecule has 1 aromatic carbocycles. The van der Waals surface area contributed by atoms with Gasteiger partial charge in [0, 0.05) is 25.4 Å². The Morgan fingerprint density at radius 2 is 2.12 bits per heavy atom. The third-order valence-electron chi connectivity index (χ3n) is 5.17. The molecule has 1 aliphatic heterocycles. The van der Waals surface area contributed by atoms with E-state index in [0.29, 0.717) is 36.4 Å². The molecule has 4 rings (SSSR count). The first-order valence-electron chi connectivity index (χ1n) is 9.34. The molecule has 0 radical (unpaired) electrons. The maximum absolute atomic E-state index is 13.2. The van der Waals surface area contributed by atoms with Crippen LogP contribution in [-0.4, -0.2) is 45.8 Å². The van der Waals surface area contributed by atoms with E-state index in [-0.39, 0.29) is 29.6 Å². The van der Waals surface area contributed by atoms with Crippen molar-refractivity contribution in [2.45, 2.75) is 44.6 Å². The number of nitrogens with zero attached hydrogens (tertiary/aromatic N) is 2. The Morgan fingerprint density at radius 3 is 2.92 bits per heavy atom. The van der Waals surface area contributed by atoms with Crippen LogP contribution in [0.1, 0.15) is 37.9 Å². The second kappa shape index (κ2) is 7.05. The van der Waals surface area contributed by atoms with E-state index in [1.54, 1.807) is 11.0 Å². The first-order valence-corrected chi connectivity index (χ1v) is 9.34. The Hall–Kier alpha value is -2.44. The summed E-state index contributed by atoms with van der Waals surface area (Å²) in [6.07, 6.45) is 5.12. The SMILES string of the molecule is O=C(NCCc1nc2ccc(F)cc2[nH]1)[C@H]1CCCCN1C(=O)C1CC1. The summed E-state index contributed by atoms with van der Waals surface area (Å²) in [5.41, 5.74) is 1.36. The van der Waals surface area contributed by atoms with E-state index < -0.39 is 0 Å². The Labute approximate surface area is 151 Å².